The van der Waals surface area contributed by atoms with Gasteiger partial charge >= 0.3 is 0 Å². The third-order valence-corrected chi connectivity index (χ3v) is 5.83. The quantitative estimate of drug-likeness (QED) is 0.791. The molecule has 2 unspecified atom stereocenters. The SMILES string of the molecule is CNCC(C)C(=O)N1CCc2cc(OC)c(OC)cc2C1c1cccs1.Cl. The Morgan fingerprint density at radius 2 is 2.04 bits per heavy atom. The van der Waals surface area contributed by atoms with E-state index in [4.69, 9.17) is 9.47 Å². The average molecular weight is 411 g/mol. The van der Waals surface area contributed by atoms with E-state index in [0.29, 0.717) is 18.8 Å². The summed E-state index contributed by atoms with van der Waals surface area (Å²) in [6.07, 6.45) is 0.815. The summed E-state index contributed by atoms with van der Waals surface area (Å²) >= 11 is 1.68. The largest absolute Gasteiger partial charge is 0.493 e. The lowest BCUT2D eigenvalue weighted by molar-refractivity contribution is -0.136. The number of benzene rings is 1. The second kappa shape index (κ2) is 9.44. The zero-order valence-corrected chi connectivity index (χ0v) is 17.8. The lowest BCUT2D eigenvalue weighted by atomic mass is 9.90. The molecule has 0 aliphatic carbocycles. The molecule has 0 bridgehead atoms. The van der Waals surface area contributed by atoms with Gasteiger partial charge in [0.15, 0.2) is 11.5 Å². The molecule has 1 aliphatic rings. The van der Waals surface area contributed by atoms with Crippen LogP contribution in [0.2, 0.25) is 0 Å². The van der Waals surface area contributed by atoms with E-state index in [-0.39, 0.29) is 30.3 Å². The Morgan fingerprint density at radius 3 is 2.63 bits per heavy atom. The normalized spacial score (nSPS) is 16.9. The fraction of sp³-hybridized carbons (Fsp3) is 0.450. The van der Waals surface area contributed by atoms with Gasteiger partial charge in [-0.25, -0.2) is 0 Å². The smallest absolute Gasteiger partial charge is 0.227 e. The van der Waals surface area contributed by atoms with Crippen molar-refractivity contribution >= 4 is 29.7 Å². The summed E-state index contributed by atoms with van der Waals surface area (Å²) in [6, 6.07) is 8.14. The summed E-state index contributed by atoms with van der Waals surface area (Å²) in [7, 11) is 5.17. The highest BCUT2D eigenvalue weighted by molar-refractivity contribution is 7.10. The minimum atomic E-state index is -0.0784. The van der Waals surface area contributed by atoms with Gasteiger partial charge in [0, 0.05) is 23.9 Å². The predicted molar refractivity (Wildman–Crippen MR) is 111 cm³/mol. The molecule has 7 heteroatoms. The van der Waals surface area contributed by atoms with Crippen molar-refractivity contribution < 1.29 is 14.3 Å². The molecule has 5 nitrogen and oxygen atoms in total. The van der Waals surface area contributed by atoms with Crippen molar-refractivity contribution in [2.45, 2.75) is 19.4 Å². The zero-order chi connectivity index (χ0) is 18.7. The van der Waals surface area contributed by atoms with E-state index in [0.717, 1.165) is 17.7 Å². The highest BCUT2D eigenvalue weighted by Crippen LogP contribution is 2.42. The van der Waals surface area contributed by atoms with E-state index in [1.54, 1.807) is 25.6 Å². The van der Waals surface area contributed by atoms with Gasteiger partial charge in [0.25, 0.3) is 0 Å². The number of carbonyl (C=O) groups excluding carboxylic acids is 1. The Hall–Kier alpha value is -1.76. The lowest BCUT2D eigenvalue weighted by Gasteiger charge is -2.38. The molecule has 0 radical (unpaired) electrons. The first-order valence-corrected chi connectivity index (χ1v) is 9.72. The maximum atomic E-state index is 13.1. The van der Waals surface area contributed by atoms with E-state index >= 15 is 0 Å². The van der Waals surface area contributed by atoms with Crippen molar-refractivity contribution in [1.82, 2.24) is 10.2 Å². The Kier molecular flexibility index (Phi) is 7.53. The van der Waals surface area contributed by atoms with Crippen LogP contribution >= 0.6 is 23.7 Å². The summed E-state index contributed by atoms with van der Waals surface area (Å²) in [5.74, 6) is 1.55. The number of rotatable bonds is 6. The van der Waals surface area contributed by atoms with Crippen LogP contribution in [-0.4, -0.2) is 45.2 Å². The van der Waals surface area contributed by atoms with Gasteiger partial charge in [-0.2, -0.15) is 0 Å². The number of halogens is 1. The molecule has 2 atom stereocenters. The molecule has 0 saturated heterocycles. The van der Waals surface area contributed by atoms with E-state index in [2.05, 4.69) is 16.8 Å². The van der Waals surface area contributed by atoms with Crippen LogP contribution in [0.25, 0.3) is 0 Å². The second-order valence-electron chi connectivity index (χ2n) is 6.56. The number of nitrogens with zero attached hydrogens (tertiary/aromatic N) is 1. The van der Waals surface area contributed by atoms with Gasteiger partial charge in [0.2, 0.25) is 5.91 Å². The van der Waals surface area contributed by atoms with Crippen LogP contribution in [0.1, 0.15) is 29.0 Å². The molecule has 3 rings (SSSR count). The van der Waals surface area contributed by atoms with Crippen LogP contribution in [0.3, 0.4) is 0 Å². The standard InChI is InChI=1S/C20H26N2O3S.ClH/c1-13(12-21-2)20(23)22-8-7-14-10-16(24-3)17(25-4)11-15(14)19(22)18-6-5-9-26-18;/h5-6,9-11,13,19,21H,7-8,12H2,1-4H3;1H. The fourth-order valence-electron chi connectivity index (χ4n) is 3.61. The van der Waals surface area contributed by atoms with Crippen molar-refractivity contribution in [2.75, 3.05) is 34.4 Å². The number of carbonyl (C=O) groups is 1. The van der Waals surface area contributed by atoms with Crippen LogP contribution < -0.4 is 14.8 Å². The molecule has 1 amide bonds. The molecular formula is C20H27ClN2O3S. The zero-order valence-electron chi connectivity index (χ0n) is 16.2. The topological polar surface area (TPSA) is 50.8 Å². The number of thiophene rings is 1. The third-order valence-electron chi connectivity index (χ3n) is 4.90. The summed E-state index contributed by atoms with van der Waals surface area (Å²) in [5.41, 5.74) is 2.34. The number of fused-ring (bicyclic) bond motifs is 1. The molecule has 2 aromatic rings. The van der Waals surface area contributed by atoms with E-state index in [9.17, 15) is 4.79 Å². The number of hydrogen-bond donors (Lipinski definition) is 1. The molecule has 2 heterocycles. The van der Waals surface area contributed by atoms with Gasteiger partial charge in [0.1, 0.15) is 0 Å². The van der Waals surface area contributed by atoms with E-state index in [1.165, 1.54) is 10.4 Å². The first-order chi connectivity index (χ1) is 12.6. The number of ether oxygens (including phenoxy) is 2. The summed E-state index contributed by atoms with van der Waals surface area (Å²) in [6.45, 7) is 3.36. The molecular weight excluding hydrogens is 384 g/mol. The molecule has 148 valence electrons. The second-order valence-corrected chi connectivity index (χ2v) is 7.54. The minimum absolute atomic E-state index is 0. The van der Waals surface area contributed by atoms with Crippen molar-refractivity contribution in [3.8, 4) is 11.5 Å². The lowest BCUT2D eigenvalue weighted by Crippen LogP contribution is -2.44. The molecule has 0 saturated carbocycles. The first-order valence-electron chi connectivity index (χ1n) is 8.84. The molecule has 1 aromatic heterocycles. The molecule has 0 fully saturated rings. The van der Waals surface area contributed by atoms with Gasteiger partial charge in [-0.05, 0) is 48.2 Å². The van der Waals surface area contributed by atoms with Gasteiger partial charge < -0.3 is 19.7 Å². The van der Waals surface area contributed by atoms with E-state index < -0.39 is 0 Å². The maximum absolute atomic E-state index is 13.1. The van der Waals surface area contributed by atoms with Crippen molar-refractivity contribution in [3.05, 3.63) is 45.6 Å². The van der Waals surface area contributed by atoms with Gasteiger partial charge in [-0.1, -0.05) is 13.0 Å². The summed E-state index contributed by atoms with van der Waals surface area (Å²) in [4.78, 5) is 16.3. The highest BCUT2D eigenvalue weighted by atomic mass is 35.5. The molecule has 1 aromatic carbocycles. The van der Waals surface area contributed by atoms with Crippen LogP contribution in [0.15, 0.2) is 29.6 Å². The van der Waals surface area contributed by atoms with Crippen LogP contribution in [0.4, 0.5) is 0 Å². The predicted octanol–water partition coefficient (Wildman–Crippen LogP) is 3.52. The molecule has 1 N–H and O–H groups in total. The summed E-state index contributed by atoms with van der Waals surface area (Å²) in [5, 5.41) is 5.17. The van der Waals surface area contributed by atoms with Gasteiger partial charge in [-0.15, -0.1) is 23.7 Å². The van der Waals surface area contributed by atoms with Crippen molar-refractivity contribution in [2.24, 2.45) is 5.92 Å². The van der Waals surface area contributed by atoms with Gasteiger partial charge in [0.05, 0.1) is 20.3 Å². The van der Waals surface area contributed by atoms with Crippen molar-refractivity contribution in [1.29, 1.82) is 0 Å². The summed E-state index contributed by atoms with van der Waals surface area (Å²) < 4.78 is 11.0. The van der Waals surface area contributed by atoms with Gasteiger partial charge in [-0.3, -0.25) is 4.79 Å². The monoisotopic (exact) mass is 410 g/mol. The average Bonchev–Trinajstić information content (AvgIpc) is 3.19. The maximum Gasteiger partial charge on any atom is 0.227 e. The third kappa shape index (κ3) is 4.23. The van der Waals surface area contributed by atoms with Crippen LogP contribution in [0, 0.1) is 5.92 Å². The number of amides is 1. The Labute approximate surface area is 171 Å². The molecule has 1 aliphatic heterocycles. The fourth-order valence-corrected chi connectivity index (χ4v) is 4.47. The van der Waals surface area contributed by atoms with Crippen LogP contribution in [-0.2, 0) is 11.2 Å². The first kappa shape index (κ1) is 21.5. The number of hydrogen-bond acceptors (Lipinski definition) is 5. The Balaban J connectivity index is 0.00000261. The van der Waals surface area contributed by atoms with Crippen LogP contribution in [0.5, 0.6) is 11.5 Å². The molecule has 27 heavy (non-hydrogen) atoms. The Morgan fingerprint density at radius 1 is 1.33 bits per heavy atom. The number of methoxy groups -OCH3 is 2. The number of nitrogens with one attached hydrogen (secondary N) is 1. The highest BCUT2D eigenvalue weighted by Gasteiger charge is 2.35. The molecule has 0 spiro atoms. The van der Waals surface area contributed by atoms with Crippen molar-refractivity contribution in [3.63, 3.8) is 0 Å². The van der Waals surface area contributed by atoms with E-state index in [1.807, 2.05) is 37.1 Å². The minimum Gasteiger partial charge on any atom is -0.493 e. The Bertz CT molecular complexity index is 767.